The van der Waals surface area contributed by atoms with E-state index in [1.165, 1.54) is 27.7 Å². The highest BCUT2D eigenvalue weighted by Crippen LogP contribution is 2.39. The van der Waals surface area contributed by atoms with Crippen LogP contribution in [0.2, 0.25) is 5.28 Å². The van der Waals surface area contributed by atoms with E-state index in [-0.39, 0.29) is 17.6 Å². The van der Waals surface area contributed by atoms with Crippen LogP contribution in [-0.4, -0.2) is 53.7 Å². The van der Waals surface area contributed by atoms with Gasteiger partial charge in [-0.2, -0.15) is 9.97 Å². The third-order valence-electron chi connectivity index (χ3n) is 3.85. The van der Waals surface area contributed by atoms with Crippen LogP contribution in [0.15, 0.2) is 18.5 Å². The van der Waals surface area contributed by atoms with Crippen molar-refractivity contribution in [3.63, 3.8) is 0 Å². The summed E-state index contributed by atoms with van der Waals surface area (Å²) in [6, 6.07) is 3.32. The van der Waals surface area contributed by atoms with Gasteiger partial charge in [-0.3, -0.25) is 4.79 Å². The predicted molar refractivity (Wildman–Crippen MR) is 105 cm³/mol. The van der Waals surface area contributed by atoms with Gasteiger partial charge in [0.2, 0.25) is 16.9 Å². The molecular formula is C17H19ClN6O4. The van der Waals surface area contributed by atoms with Crippen LogP contribution in [0.3, 0.4) is 0 Å². The highest BCUT2D eigenvalue weighted by molar-refractivity contribution is 6.28. The van der Waals surface area contributed by atoms with Gasteiger partial charge in [-0.15, -0.1) is 0 Å². The second-order valence-electron chi connectivity index (χ2n) is 5.58. The fourth-order valence-corrected chi connectivity index (χ4v) is 2.77. The molecule has 0 radical (unpaired) electrons. The molecule has 1 aromatic carbocycles. The molecule has 0 saturated heterocycles. The fourth-order valence-electron chi connectivity index (χ4n) is 2.61. The summed E-state index contributed by atoms with van der Waals surface area (Å²) >= 11 is 5.88. The number of benzene rings is 1. The lowest BCUT2D eigenvalue weighted by atomic mass is 10.2. The van der Waals surface area contributed by atoms with Crippen molar-refractivity contribution in [2.45, 2.75) is 6.42 Å². The summed E-state index contributed by atoms with van der Waals surface area (Å²) in [6.45, 7) is 0.331. The summed E-state index contributed by atoms with van der Waals surface area (Å²) in [5.41, 5.74) is 1.60. The van der Waals surface area contributed by atoms with Crippen LogP contribution >= 0.6 is 11.6 Å². The van der Waals surface area contributed by atoms with Gasteiger partial charge in [0.15, 0.2) is 23.0 Å². The number of hydrogen-bond donors (Lipinski definition) is 3. The molecular weight excluding hydrogens is 388 g/mol. The monoisotopic (exact) mass is 406 g/mol. The first kappa shape index (κ1) is 19.5. The van der Waals surface area contributed by atoms with Crippen molar-refractivity contribution in [2.75, 3.05) is 38.5 Å². The predicted octanol–water partition coefficient (Wildman–Crippen LogP) is 2.47. The third kappa shape index (κ3) is 4.17. The molecule has 0 aliphatic rings. The van der Waals surface area contributed by atoms with E-state index in [0.717, 1.165) is 0 Å². The zero-order valence-electron chi connectivity index (χ0n) is 15.5. The molecule has 2 heterocycles. The molecule has 28 heavy (non-hydrogen) atoms. The number of halogens is 1. The maximum Gasteiger partial charge on any atom is 0.226 e. The van der Waals surface area contributed by atoms with E-state index < -0.39 is 0 Å². The number of imidazole rings is 1. The topological polar surface area (TPSA) is 123 Å². The SMILES string of the molecule is COc1cc(NC(=O)CCNc2nc(Cl)nc3nc[nH]c23)cc(OC)c1OC. The average molecular weight is 407 g/mol. The van der Waals surface area contributed by atoms with Crippen molar-refractivity contribution >= 4 is 40.2 Å². The summed E-state index contributed by atoms with van der Waals surface area (Å²) < 4.78 is 15.8. The van der Waals surface area contributed by atoms with Crippen molar-refractivity contribution < 1.29 is 19.0 Å². The average Bonchev–Trinajstić information content (AvgIpc) is 3.15. The van der Waals surface area contributed by atoms with Crippen molar-refractivity contribution in [1.29, 1.82) is 0 Å². The fraction of sp³-hybridized carbons (Fsp3) is 0.294. The van der Waals surface area contributed by atoms with E-state index in [4.69, 9.17) is 25.8 Å². The second-order valence-corrected chi connectivity index (χ2v) is 5.92. The van der Waals surface area contributed by atoms with Crippen LogP contribution in [0.1, 0.15) is 6.42 Å². The molecule has 1 amide bonds. The number of amides is 1. The van der Waals surface area contributed by atoms with Crippen molar-refractivity contribution in [1.82, 2.24) is 19.9 Å². The Kier molecular flexibility index (Phi) is 5.99. The Morgan fingerprint density at radius 3 is 2.50 bits per heavy atom. The van der Waals surface area contributed by atoms with Gasteiger partial charge in [-0.25, -0.2) is 4.98 Å². The summed E-state index contributed by atoms with van der Waals surface area (Å²) in [5, 5.41) is 5.93. The van der Waals surface area contributed by atoms with Crippen molar-refractivity contribution in [3.05, 3.63) is 23.7 Å². The first-order chi connectivity index (χ1) is 13.5. The van der Waals surface area contributed by atoms with Crippen LogP contribution < -0.4 is 24.8 Å². The molecule has 0 spiro atoms. The normalized spacial score (nSPS) is 10.6. The van der Waals surface area contributed by atoms with E-state index in [1.807, 2.05) is 0 Å². The number of anilines is 2. The van der Waals surface area contributed by atoms with Crippen molar-refractivity contribution in [2.24, 2.45) is 0 Å². The van der Waals surface area contributed by atoms with Crippen LogP contribution in [0.5, 0.6) is 17.2 Å². The molecule has 0 fully saturated rings. The van der Waals surface area contributed by atoms with E-state index in [2.05, 4.69) is 30.6 Å². The summed E-state index contributed by atoms with van der Waals surface area (Å²) in [7, 11) is 4.53. The summed E-state index contributed by atoms with van der Waals surface area (Å²) in [5.74, 6) is 1.63. The highest BCUT2D eigenvalue weighted by Gasteiger charge is 2.15. The molecule has 0 atom stereocenters. The number of aromatic nitrogens is 4. The van der Waals surface area contributed by atoms with Crippen LogP contribution in [0, 0.1) is 0 Å². The number of methoxy groups -OCH3 is 3. The molecule has 11 heteroatoms. The first-order valence-corrected chi connectivity index (χ1v) is 8.63. The Bertz CT molecular complexity index is 968. The zero-order valence-corrected chi connectivity index (χ0v) is 16.3. The number of fused-ring (bicyclic) bond motifs is 1. The molecule has 10 nitrogen and oxygen atoms in total. The zero-order chi connectivity index (χ0) is 20.1. The van der Waals surface area contributed by atoms with Crippen molar-refractivity contribution in [3.8, 4) is 17.2 Å². The molecule has 0 aliphatic heterocycles. The Morgan fingerprint density at radius 1 is 1.14 bits per heavy atom. The Labute approximate surface area is 165 Å². The number of hydrogen-bond acceptors (Lipinski definition) is 8. The lowest BCUT2D eigenvalue weighted by Gasteiger charge is -2.14. The Hall–Kier alpha value is -3.27. The molecule has 0 saturated carbocycles. The van der Waals surface area contributed by atoms with Crippen LogP contribution in [-0.2, 0) is 4.79 Å². The molecule has 0 unspecified atom stereocenters. The minimum atomic E-state index is -0.206. The number of rotatable bonds is 8. The Balaban J connectivity index is 1.63. The number of carbonyl (C=O) groups is 1. The maximum absolute atomic E-state index is 12.3. The van der Waals surface area contributed by atoms with Gasteiger partial charge >= 0.3 is 0 Å². The summed E-state index contributed by atoms with van der Waals surface area (Å²) in [6.07, 6.45) is 1.69. The van der Waals surface area contributed by atoms with Gasteiger partial charge in [0, 0.05) is 30.8 Å². The molecule has 0 bridgehead atoms. The maximum atomic E-state index is 12.3. The molecule has 0 aliphatic carbocycles. The third-order valence-corrected chi connectivity index (χ3v) is 4.02. The first-order valence-electron chi connectivity index (χ1n) is 8.26. The lowest BCUT2D eigenvalue weighted by molar-refractivity contribution is -0.115. The number of H-pyrrole nitrogens is 1. The van der Waals surface area contributed by atoms with Gasteiger partial charge in [0.05, 0.1) is 27.7 Å². The minimum Gasteiger partial charge on any atom is -0.493 e. The second kappa shape index (κ2) is 8.61. The quantitative estimate of drug-likeness (QED) is 0.487. The van der Waals surface area contributed by atoms with E-state index in [9.17, 15) is 4.79 Å². The highest BCUT2D eigenvalue weighted by atomic mass is 35.5. The van der Waals surface area contributed by atoms with E-state index in [1.54, 1.807) is 12.1 Å². The largest absolute Gasteiger partial charge is 0.493 e. The molecule has 3 rings (SSSR count). The molecule has 3 N–H and O–H groups in total. The van der Waals surface area contributed by atoms with Gasteiger partial charge in [0.1, 0.15) is 5.52 Å². The van der Waals surface area contributed by atoms with E-state index >= 15 is 0 Å². The number of aromatic amines is 1. The van der Waals surface area contributed by atoms with Gasteiger partial charge in [-0.05, 0) is 11.6 Å². The lowest BCUT2D eigenvalue weighted by Crippen LogP contribution is -2.17. The van der Waals surface area contributed by atoms with Crippen LogP contribution in [0.4, 0.5) is 11.5 Å². The number of carbonyl (C=O) groups excluding carboxylic acids is 1. The minimum absolute atomic E-state index is 0.0731. The standard InChI is InChI=1S/C17H19ClN6O4/c1-26-10-6-9(7-11(27-2)14(10)28-3)22-12(25)4-5-19-15-13-16(21-8-20-13)24-17(18)23-15/h6-8H,4-5H2,1-3H3,(H,22,25)(H2,19,20,21,23,24). The number of nitrogens with zero attached hydrogens (tertiary/aromatic N) is 3. The smallest absolute Gasteiger partial charge is 0.226 e. The van der Waals surface area contributed by atoms with Gasteiger partial charge in [0.25, 0.3) is 0 Å². The van der Waals surface area contributed by atoms with E-state index in [0.29, 0.717) is 46.5 Å². The summed E-state index contributed by atoms with van der Waals surface area (Å²) in [4.78, 5) is 27.4. The molecule has 2 aromatic heterocycles. The molecule has 3 aromatic rings. The van der Waals surface area contributed by atoms with Gasteiger partial charge < -0.3 is 29.8 Å². The Morgan fingerprint density at radius 2 is 1.86 bits per heavy atom. The van der Waals surface area contributed by atoms with Crippen LogP contribution in [0.25, 0.3) is 11.2 Å². The van der Waals surface area contributed by atoms with Gasteiger partial charge in [-0.1, -0.05) is 0 Å². The number of nitrogens with one attached hydrogen (secondary N) is 3. The number of ether oxygens (including phenoxy) is 3. The molecule has 148 valence electrons.